The monoisotopic (exact) mass is 235 g/mol. The Kier molecular flexibility index (Phi) is 2.86. The number of benzene rings is 1. The van der Waals surface area contributed by atoms with Crippen molar-refractivity contribution in [2.75, 3.05) is 20.0 Å². The van der Waals surface area contributed by atoms with E-state index in [1.54, 1.807) is 26.2 Å². The molecule has 90 valence electrons. The Hall–Kier alpha value is -2.24. The van der Waals surface area contributed by atoms with E-state index in [2.05, 4.69) is 10.2 Å². The van der Waals surface area contributed by atoms with Crippen molar-refractivity contribution in [2.45, 2.75) is 6.92 Å². The van der Waals surface area contributed by atoms with E-state index < -0.39 is 0 Å². The minimum absolute atomic E-state index is 0.362. The van der Waals surface area contributed by atoms with Gasteiger partial charge in [0.15, 0.2) is 11.5 Å². The normalized spacial score (nSPS) is 10.3. The second-order valence-corrected chi connectivity index (χ2v) is 3.39. The summed E-state index contributed by atoms with van der Waals surface area (Å²) in [6, 6.07) is 3.49. The zero-order valence-corrected chi connectivity index (χ0v) is 9.85. The van der Waals surface area contributed by atoms with E-state index in [9.17, 15) is 0 Å². The summed E-state index contributed by atoms with van der Waals surface area (Å²) in [5.74, 6) is 1.86. The lowest BCUT2D eigenvalue weighted by molar-refractivity contribution is 0.356. The van der Waals surface area contributed by atoms with E-state index in [4.69, 9.17) is 19.6 Å². The Labute approximate surface area is 98.4 Å². The number of aromatic nitrogens is 2. The van der Waals surface area contributed by atoms with Gasteiger partial charge in [-0.05, 0) is 12.1 Å². The summed E-state index contributed by atoms with van der Waals surface area (Å²) in [4.78, 5) is 0. The molecule has 1 aromatic heterocycles. The van der Waals surface area contributed by atoms with Gasteiger partial charge < -0.3 is 19.6 Å². The van der Waals surface area contributed by atoms with Crippen LogP contribution in [0.15, 0.2) is 16.5 Å². The highest BCUT2D eigenvalue weighted by Crippen LogP contribution is 2.39. The molecule has 2 N–H and O–H groups in total. The predicted octanol–water partition coefficient (Wildman–Crippen LogP) is 1.64. The Morgan fingerprint density at radius 3 is 2.47 bits per heavy atom. The lowest BCUT2D eigenvalue weighted by Crippen LogP contribution is -1.98. The van der Waals surface area contributed by atoms with Gasteiger partial charge in [-0.1, -0.05) is 0 Å². The molecule has 6 heteroatoms. The summed E-state index contributed by atoms with van der Waals surface area (Å²) < 4.78 is 15.7. The largest absolute Gasteiger partial charge is 0.493 e. The van der Waals surface area contributed by atoms with Gasteiger partial charge in [-0.2, -0.15) is 0 Å². The molecule has 2 aromatic rings. The first kappa shape index (κ1) is 11.3. The molecule has 0 saturated heterocycles. The van der Waals surface area contributed by atoms with E-state index in [1.165, 1.54) is 7.11 Å². The maximum atomic E-state index is 5.98. The second kappa shape index (κ2) is 4.32. The first-order chi connectivity index (χ1) is 8.17. The van der Waals surface area contributed by atoms with Crippen molar-refractivity contribution in [3.05, 3.63) is 18.0 Å². The quantitative estimate of drug-likeness (QED) is 0.814. The standard InChI is InChI=1S/C11H13N3O3/c1-6-13-14-11(17-6)7-4-5-8(15-2)10(16-3)9(7)12/h4-5H,12H2,1-3H3. The summed E-state index contributed by atoms with van der Waals surface area (Å²) in [5, 5.41) is 7.67. The fraction of sp³-hybridized carbons (Fsp3) is 0.273. The van der Waals surface area contributed by atoms with Crippen LogP contribution >= 0.6 is 0 Å². The number of aryl methyl sites for hydroxylation is 1. The number of nitrogens with two attached hydrogens (primary N) is 1. The molecule has 0 bridgehead atoms. The van der Waals surface area contributed by atoms with Crippen LogP contribution in [-0.4, -0.2) is 24.4 Å². The van der Waals surface area contributed by atoms with Crippen LogP contribution in [0.4, 0.5) is 5.69 Å². The minimum atomic E-state index is 0.362. The van der Waals surface area contributed by atoms with Crippen LogP contribution in [0, 0.1) is 6.92 Å². The Balaban J connectivity index is 2.56. The topological polar surface area (TPSA) is 83.4 Å². The van der Waals surface area contributed by atoms with Crippen LogP contribution in [-0.2, 0) is 0 Å². The molecule has 0 aliphatic carbocycles. The predicted molar refractivity (Wildman–Crippen MR) is 62.0 cm³/mol. The third-order valence-corrected chi connectivity index (χ3v) is 2.34. The maximum absolute atomic E-state index is 5.98. The van der Waals surface area contributed by atoms with E-state index >= 15 is 0 Å². The number of nitrogens with zero attached hydrogens (tertiary/aromatic N) is 2. The molecular formula is C11H13N3O3. The Bertz CT molecular complexity index is 537. The number of methoxy groups -OCH3 is 2. The summed E-state index contributed by atoms with van der Waals surface area (Å²) >= 11 is 0. The van der Waals surface area contributed by atoms with E-state index in [0.29, 0.717) is 34.5 Å². The Morgan fingerprint density at radius 2 is 1.94 bits per heavy atom. The molecule has 6 nitrogen and oxygen atoms in total. The zero-order valence-electron chi connectivity index (χ0n) is 9.85. The van der Waals surface area contributed by atoms with Crippen LogP contribution in [0.5, 0.6) is 11.5 Å². The number of rotatable bonds is 3. The van der Waals surface area contributed by atoms with E-state index in [-0.39, 0.29) is 0 Å². The van der Waals surface area contributed by atoms with Gasteiger partial charge in [0.1, 0.15) is 0 Å². The number of anilines is 1. The van der Waals surface area contributed by atoms with Crippen molar-refractivity contribution in [1.82, 2.24) is 10.2 Å². The van der Waals surface area contributed by atoms with Crippen LogP contribution in [0.2, 0.25) is 0 Å². The minimum Gasteiger partial charge on any atom is -0.493 e. The molecule has 0 spiro atoms. The van der Waals surface area contributed by atoms with Gasteiger partial charge in [-0.3, -0.25) is 0 Å². The van der Waals surface area contributed by atoms with Gasteiger partial charge in [-0.25, -0.2) is 0 Å². The summed E-state index contributed by atoms with van der Waals surface area (Å²) in [7, 11) is 3.07. The molecule has 1 heterocycles. The summed E-state index contributed by atoms with van der Waals surface area (Å²) in [5.41, 5.74) is 7.02. The molecule has 0 saturated carbocycles. The maximum Gasteiger partial charge on any atom is 0.249 e. The lowest BCUT2D eigenvalue weighted by atomic mass is 10.1. The highest BCUT2D eigenvalue weighted by molar-refractivity contribution is 5.79. The van der Waals surface area contributed by atoms with Crippen LogP contribution in [0.1, 0.15) is 5.89 Å². The zero-order chi connectivity index (χ0) is 12.4. The smallest absolute Gasteiger partial charge is 0.249 e. The van der Waals surface area contributed by atoms with Crippen molar-refractivity contribution < 1.29 is 13.9 Å². The highest BCUT2D eigenvalue weighted by atomic mass is 16.5. The number of ether oxygens (including phenoxy) is 2. The van der Waals surface area contributed by atoms with Crippen molar-refractivity contribution in [2.24, 2.45) is 0 Å². The van der Waals surface area contributed by atoms with Crippen LogP contribution in [0.3, 0.4) is 0 Å². The molecule has 17 heavy (non-hydrogen) atoms. The highest BCUT2D eigenvalue weighted by Gasteiger charge is 2.16. The van der Waals surface area contributed by atoms with Crippen molar-refractivity contribution in [1.29, 1.82) is 0 Å². The van der Waals surface area contributed by atoms with E-state index in [0.717, 1.165) is 0 Å². The van der Waals surface area contributed by atoms with Gasteiger partial charge in [-0.15, -0.1) is 10.2 Å². The van der Waals surface area contributed by atoms with Gasteiger partial charge in [0.05, 0.1) is 25.5 Å². The van der Waals surface area contributed by atoms with Gasteiger partial charge >= 0.3 is 0 Å². The molecule has 0 atom stereocenters. The number of nitrogen functional groups attached to an aromatic ring is 1. The third kappa shape index (κ3) is 1.89. The van der Waals surface area contributed by atoms with Crippen LogP contribution < -0.4 is 15.2 Å². The van der Waals surface area contributed by atoms with Gasteiger partial charge in [0.2, 0.25) is 11.8 Å². The molecule has 0 aliphatic heterocycles. The number of hydrogen-bond donors (Lipinski definition) is 1. The van der Waals surface area contributed by atoms with Crippen molar-refractivity contribution in [3.8, 4) is 23.0 Å². The molecule has 2 rings (SSSR count). The molecule has 0 unspecified atom stereocenters. The van der Waals surface area contributed by atoms with Crippen LogP contribution in [0.25, 0.3) is 11.5 Å². The average Bonchev–Trinajstić information content (AvgIpc) is 2.75. The Morgan fingerprint density at radius 1 is 1.18 bits per heavy atom. The van der Waals surface area contributed by atoms with Gasteiger partial charge in [0, 0.05) is 6.92 Å². The van der Waals surface area contributed by atoms with Crippen molar-refractivity contribution >= 4 is 5.69 Å². The molecule has 0 amide bonds. The first-order valence-corrected chi connectivity index (χ1v) is 4.98. The first-order valence-electron chi connectivity index (χ1n) is 4.98. The molecule has 0 fully saturated rings. The van der Waals surface area contributed by atoms with E-state index in [1.807, 2.05) is 0 Å². The van der Waals surface area contributed by atoms with Gasteiger partial charge in [0.25, 0.3) is 0 Å². The van der Waals surface area contributed by atoms with Crippen molar-refractivity contribution in [3.63, 3.8) is 0 Å². The summed E-state index contributed by atoms with van der Waals surface area (Å²) in [6.07, 6.45) is 0. The average molecular weight is 235 g/mol. The number of hydrogen-bond acceptors (Lipinski definition) is 6. The fourth-order valence-electron chi connectivity index (χ4n) is 1.54. The fourth-order valence-corrected chi connectivity index (χ4v) is 1.54. The molecule has 0 radical (unpaired) electrons. The molecule has 0 aliphatic rings. The molecule has 1 aromatic carbocycles. The second-order valence-electron chi connectivity index (χ2n) is 3.39. The summed E-state index contributed by atoms with van der Waals surface area (Å²) in [6.45, 7) is 1.72. The molecular weight excluding hydrogens is 222 g/mol. The lowest BCUT2D eigenvalue weighted by Gasteiger charge is -2.11. The SMILES string of the molecule is COc1ccc(-c2nnc(C)o2)c(N)c1OC. The third-order valence-electron chi connectivity index (χ3n) is 2.34.